The maximum Gasteiger partial charge on any atom is 2.00 e. The minimum atomic E-state index is -1.14. The van der Waals surface area contributed by atoms with Gasteiger partial charge < -0.3 is 66.0 Å². The van der Waals surface area contributed by atoms with Crippen LogP contribution in [0, 0.1) is 17.8 Å². The molecule has 8 rings (SSSR count). The topological polar surface area (TPSA) is 586 Å². The fourth-order valence-electron chi connectivity index (χ4n) is 17.0. The van der Waals surface area contributed by atoms with Crippen molar-refractivity contribution in [1.82, 2.24) is 59.1 Å². The van der Waals surface area contributed by atoms with Crippen molar-refractivity contribution in [3.05, 3.63) is 118 Å². The van der Waals surface area contributed by atoms with Gasteiger partial charge in [0.25, 0.3) is 0 Å². The Hall–Kier alpha value is -9.03. The van der Waals surface area contributed by atoms with Crippen molar-refractivity contribution < 1.29 is 206 Å². The molecule has 0 aliphatic heterocycles. The van der Waals surface area contributed by atoms with E-state index in [-0.39, 0.29) is 192 Å². The van der Waals surface area contributed by atoms with Gasteiger partial charge in [-0.05, 0) is 113 Å². The Labute approximate surface area is 889 Å². The molecule has 4 aliphatic rings. The third kappa shape index (κ3) is 57.3. The average molecular weight is 2200 g/mol. The average Bonchev–Trinajstić information content (AvgIpc) is 0.806. The summed E-state index contributed by atoms with van der Waals surface area (Å²) in [7, 11) is 0. The molecule has 8 atom stereocenters. The third-order valence-electron chi connectivity index (χ3n) is 22.4. The molecule has 4 fully saturated rings. The number of carboxylic acid groups (broad SMARTS) is 12. The van der Waals surface area contributed by atoms with E-state index in [0.717, 1.165) is 56.9 Å². The first kappa shape index (κ1) is 141. The Bertz CT molecular complexity index is 4400. The van der Waals surface area contributed by atoms with E-state index in [1.54, 1.807) is 110 Å². The Morgan fingerprint density at radius 2 is 0.542 bits per heavy atom. The predicted octanol–water partition coefficient (Wildman–Crippen LogP) is 12.1. The van der Waals surface area contributed by atoms with Crippen molar-refractivity contribution in [3.63, 3.8) is 0 Å². The first-order valence-corrected chi connectivity index (χ1v) is 48.6. The molecule has 4 saturated carbocycles. The molecule has 44 heteroatoms. The van der Waals surface area contributed by atoms with E-state index in [9.17, 15) is 133 Å². The van der Waals surface area contributed by atoms with E-state index in [4.69, 9.17) is 4.74 Å². The van der Waals surface area contributed by atoms with Crippen LogP contribution in [0.4, 0.5) is 0 Å². The number of pyridine rings is 4. The van der Waals surface area contributed by atoms with Gasteiger partial charge in [-0.25, -0.2) is 0 Å². The maximum atomic E-state index is 12.6. The molecule has 40 nitrogen and oxygen atoms in total. The Kier molecular flexibility index (Phi) is 76.8. The molecule has 4 aliphatic carbocycles. The van der Waals surface area contributed by atoms with Gasteiger partial charge in [0, 0.05) is 134 Å². The van der Waals surface area contributed by atoms with Crippen molar-refractivity contribution in [2.24, 2.45) is 17.8 Å². The van der Waals surface area contributed by atoms with Crippen LogP contribution in [0.2, 0.25) is 0 Å². The zero-order valence-corrected chi connectivity index (χ0v) is 91.0. The molecule has 0 saturated heterocycles. The smallest absolute Gasteiger partial charge is 0.480 e. The molecule has 4 aromatic heterocycles. The number of hydrogen-bond acceptors (Lipinski definition) is 28. The Balaban J connectivity index is -0.000000865. The van der Waals surface area contributed by atoms with Gasteiger partial charge in [-0.3, -0.25) is 131 Å². The molecule has 4 radical (unpaired) electrons. The van der Waals surface area contributed by atoms with E-state index in [0.29, 0.717) is 97.4 Å². The molecule has 806 valence electrons. The number of hydrogen-bond donors (Lipinski definition) is 12. The Morgan fingerprint density at radius 1 is 0.292 bits per heavy atom. The van der Waals surface area contributed by atoms with Gasteiger partial charge in [0.1, 0.15) is 0 Å². The second-order valence-corrected chi connectivity index (χ2v) is 36.6. The van der Waals surface area contributed by atoms with Gasteiger partial charge in [-0.1, -0.05) is 180 Å². The summed E-state index contributed by atoms with van der Waals surface area (Å²) < 4.78 is 5.57. The number of rotatable bonds is 49. The number of carboxylic acids is 12. The predicted molar refractivity (Wildman–Crippen MR) is 522 cm³/mol. The van der Waals surface area contributed by atoms with Gasteiger partial charge in [-0.15, -0.1) is 0 Å². The normalized spacial score (nSPS) is 17.2. The molecule has 0 spiro atoms. The van der Waals surface area contributed by atoms with E-state index in [1.807, 2.05) is 26.0 Å². The zero-order chi connectivity index (χ0) is 106. The number of aromatic nitrogens is 4. The number of aliphatic carboxylic acids is 12. The molecule has 0 aromatic carbocycles. The monoisotopic (exact) mass is 2190 g/mol. The van der Waals surface area contributed by atoms with Gasteiger partial charge in [0.2, 0.25) is 0 Å². The molecule has 4 aromatic rings. The molecule has 12 N–H and O–H groups in total. The van der Waals surface area contributed by atoms with Crippen LogP contribution in [0.1, 0.15) is 299 Å². The fraction of sp³-hybridized carbons (Fsp3) is 0.650. The Morgan fingerprint density at radius 3 is 0.792 bits per heavy atom. The van der Waals surface area contributed by atoms with Gasteiger partial charge in [-0.2, -0.15) is 0 Å². The van der Waals surface area contributed by atoms with Crippen LogP contribution in [0.25, 0.3) is 0 Å². The summed E-state index contributed by atoms with van der Waals surface area (Å²) >= 11 is 0. The molecule has 0 amide bonds. The molecular formula is C100H158Mn4N12O28+8. The maximum absolute atomic E-state index is 12.6. The van der Waals surface area contributed by atoms with Crippen molar-refractivity contribution in [2.45, 2.75) is 326 Å². The summed E-state index contributed by atoms with van der Waals surface area (Å²) in [5.74, 6) is -14.0. The second kappa shape index (κ2) is 78.3. The molecular weight excluding hydrogens is 2040 g/mol. The van der Waals surface area contributed by atoms with Crippen LogP contribution in [0.15, 0.2) is 73.3 Å². The zero-order valence-electron chi connectivity index (χ0n) is 86.3. The number of carbonyl (C=O) groups excluding carboxylic acids is 3. The van der Waals surface area contributed by atoms with Crippen LogP contribution in [-0.2, 0) is 163 Å². The molecule has 4 unspecified atom stereocenters. The van der Waals surface area contributed by atoms with Crippen LogP contribution in [-0.4, -0.2) is 342 Å². The fourth-order valence-corrected chi connectivity index (χ4v) is 17.0. The van der Waals surface area contributed by atoms with Crippen molar-refractivity contribution in [2.75, 3.05) is 78.5 Å². The summed E-state index contributed by atoms with van der Waals surface area (Å²) in [6, 6.07) is 10.7. The number of ether oxygens (including phenoxy) is 1. The third-order valence-corrected chi connectivity index (χ3v) is 22.4. The standard InChI is InChI=1S/C22H31N3O7.C22H33N3O7.2C22H31N3O7.4C3H8.4Mn/c1-14(2)22(32)15-6-5-9-23-16(15)10-24(11-19(26)27)17-7-3-4-8-18(17)25(12-20(28)29)13-21(30)31;1-15(2)32-14-16-7-8-17(23-9-16)10-24(11-20(26)27)18-5-3-4-6-19(18)25(12-21(28)29)13-22(30)31;1-14(2)22(32)15-7-8-23-16(9-15)10-24(11-19(26)27)17-5-3-4-6-18(17)25(12-20(28)29)13-21(30)31;1-14(2)22(32)15-7-8-16(23-9-15)10-24(11-19(26)27)17-5-3-4-6-18(17)25(12-20(28)29)13-21(30)31;4*1-3-2;;;;/h5-6,9,14,17-18H,3-4,7-8,10-13H2,1-2H3,(H,26,27)(H,28,29)(H,30,31);7-9,15,18-19H,3-6,10-14H2,1-2H3,(H,26,27)(H,28,29)(H,30,31);2*7-9,14,17-18H,3-6,10-13H2,1-2H3,(H,26,27)(H,28,29)(H,30,31);4*3H2,1-2H3;;;;/q;;;;;;;;4*+2/t17-,18?;18-,19?;2*17-,18?;;;;;;;;/m0000......../s1. The summed E-state index contributed by atoms with van der Waals surface area (Å²) in [5.41, 5.74) is 4.59. The first-order valence-electron chi connectivity index (χ1n) is 48.6. The molecule has 4 heterocycles. The molecule has 144 heavy (non-hydrogen) atoms. The van der Waals surface area contributed by atoms with E-state index in [1.165, 1.54) is 57.7 Å². The van der Waals surface area contributed by atoms with Crippen molar-refractivity contribution >= 4 is 89.0 Å². The molecule has 0 bridgehead atoms. The summed E-state index contributed by atoms with van der Waals surface area (Å²) in [5, 5.41) is 112. The minimum absolute atomic E-state index is 0. The number of Topliss-reactive ketones (excluding diaryl/α,β-unsaturated/α-hetero) is 3. The van der Waals surface area contributed by atoms with E-state index < -0.39 is 142 Å². The van der Waals surface area contributed by atoms with Crippen LogP contribution >= 0.6 is 0 Å². The van der Waals surface area contributed by atoms with E-state index >= 15 is 0 Å². The number of carbonyl (C=O) groups is 15. The van der Waals surface area contributed by atoms with Gasteiger partial charge >= 0.3 is 140 Å². The quantitative estimate of drug-likeness (QED) is 0.0144. The first-order chi connectivity index (χ1) is 66.1. The summed E-state index contributed by atoms with van der Waals surface area (Å²) in [6.45, 7) is 28.2. The number of nitrogens with zero attached hydrogens (tertiary/aromatic N) is 12. The van der Waals surface area contributed by atoms with E-state index in [2.05, 4.69) is 75.3 Å². The van der Waals surface area contributed by atoms with Gasteiger partial charge in [0.05, 0.1) is 114 Å². The van der Waals surface area contributed by atoms with Crippen molar-refractivity contribution in [1.29, 1.82) is 0 Å². The minimum Gasteiger partial charge on any atom is -0.480 e. The summed E-state index contributed by atoms with van der Waals surface area (Å²) in [4.78, 5) is 204. The summed E-state index contributed by atoms with van der Waals surface area (Å²) in [6.07, 6.45) is 22.7. The van der Waals surface area contributed by atoms with Crippen LogP contribution < -0.4 is 0 Å². The van der Waals surface area contributed by atoms with Gasteiger partial charge in [0.15, 0.2) is 17.3 Å². The van der Waals surface area contributed by atoms with Crippen molar-refractivity contribution in [3.8, 4) is 0 Å². The largest absolute Gasteiger partial charge is 2.00 e. The second-order valence-electron chi connectivity index (χ2n) is 36.6. The van der Waals surface area contributed by atoms with Crippen LogP contribution in [0.3, 0.4) is 0 Å². The van der Waals surface area contributed by atoms with Crippen LogP contribution in [0.5, 0.6) is 0 Å². The SMILES string of the molecule is CC(C)C(=O)c1ccc(CN(CC(=O)O)[C@H]2CCCCC2N(CC(=O)O)CC(=O)O)nc1.CC(C)C(=O)c1cccnc1CN(CC(=O)O)[C@H]1CCCCC1N(CC(=O)O)CC(=O)O.CC(C)C(=O)c1ccnc(CN(CC(=O)O)[C@H]2CCCCC2N(CC(=O)O)CC(=O)O)c1.CC(C)OCc1ccc(CN(CC(=O)O)[C@H]2CCCCC2N(CC(=O)O)CC(=O)O)nc1.CCC.CCC.CCC.CCC.[Mn+2].[Mn+2].[Mn+2].[Mn+2]. The number of ketones is 3.